The second-order valence-electron chi connectivity index (χ2n) is 3.66. The molecule has 0 aromatic carbocycles. The highest BCUT2D eigenvalue weighted by Gasteiger charge is 2.23. The molecule has 0 spiro atoms. The summed E-state index contributed by atoms with van der Waals surface area (Å²) in [5, 5.41) is 3.40. The van der Waals surface area contributed by atoms with Crippen LogP contribution in [0.15, 0.2) is 0 Å². The molecule has 78 valence electrons. The fourth-order valence-electron chi connectivity index (χ4n) is 1.79. The Labute approximate surface area is 79.8 Å². The zero-order valence-electron chi connectivity index (χ0n) is 8.39. The van der Waals surface area contributed by atoms with Crippen LogP contribution in [0.25, 0.3) is 0 Å². The van der Waals surface area contributed by atoms with E-state index in [1.165, 1.54) is 19.3 Å². The van der Waals surface area contributed by atoms with Crippen molar-refractivity contribution >= 4 is 0 Å². The van der Waals surface area contributed by atoms with E-state index in [9.17, 15) is 4.39 Å². The minimum Gasteiger partial charge on any atom is -0.374 e. The molecule has 1 aliphatic heterocycles. The molecule has 1 saturated heterocycles. The van der Waals surface area contributed by atoms with Crippen LogP contribution in [0.3, 0.4) is 0 Å². The molecule has 0 amide bonds. The van der Waals surface area contributed by atoms with Crippen LogP contribution in [0.4, 0.5) is 4.39 Å². The highest BCUT2D eigenvalue weighted by molar-refractivity contribution is 4.81. The zero-order valence-corrected chi connectivity index (χ0v) is 8.39. The Morgan fingerprint density at radius 1 is 1.54 bits per heavy atom. The van der Waals surface area contributed by atoms with Crippen molar-refractivity contribution in [2.75, 3.05) is 19.8 Å². The number of alkyl halides is 1. The summed E-state index contributed by atoms with van der Waals surface area (Å²) in [6.07, 6.45) is 5.05. The smallest absolute Gasteiger partial charge is 0.113 e. The third-order valence-electron chi connectivity index (χ3n) is 2.52. The van der Waals surface area contributed by atoms with Gasteiger partial charge in [0.05, 0.1) is 12.7 Å². The van der Waals surface area contributed by atoms with E-state index < -0.39 is 0 Å². The highest BCUT2D eigenvalue weighted by atomic mass is 19.1. The maximum atomic E-state index is 11.8. The number of hydrogen-bond donors (Lipinski definition) is 1. The summed E-state index contributed by atoms with van der Waals surface area (Å²) in [5.74, 6) is 0. The van der Waals surface area contributed by atoms with Crippen molar-refractivity contribution in [3.63, 3.8) is 0 Å². The lowest BCUT2D eigenvalue weighted by Crippen LogP contribution is -2.21. The predicted octanol–water partition coefficient (Wildman–Crippen LogP) is 1.89. The molecule has 1 aliphatic rings. The molecule has 3 heteroatoms. The van der Waals surface area contributed by atoms with Gasteiger partial charge in [-0.05, 0) is 12.8 Å². The van der Waals surface area contributed by atoms with E-state index in [1.54, 1.807) is 0 Å². The summed E-state index contributed by atoms with van der Waals surface area (Å²) in [7, 11) is 0. The molecule has 0 aromatic rings. The molecule has 1 fully saturated rings. The van der Waals surface area contributed by atoms with Gasteiger partial charge in [-0.15, -0.1) is 0 Å². The fourth-order valence-corrected chi connectivity index (χ4v) is 1.79. The summed E-state index contributed by atoms with van der Waals surface area (Å²) in [6, 6.07) is 0.601. The van der Waals surface area contributed by atoms with Gasteiger partial charge in [0.15, 0.2) is 0 Å². The molecule has 0 saturated carbocycles. The second-order valence-corrected chi connectivity index (χ2v) is 3.66. The van der Waals surface area contributed by atoms with E-state index in [4.69, 9.17) is 4.74 Å². The molecular weight excluding hydrogens is 169 g/mol. The van der Waals surface area contributed by atoms with Crippen LogP contribution >= 0.6 is 0 Å². The third-order valence-corrected chi connectivity index (χ3v) is 2.52. The van der Waals surface area contributed by atoms with Crippen molar-refractivity contribution in [3.8, 4) is 0 Å². The van der Waals surface area contributed by atoms with E-state index in [2.05, 4.69) is 12.2 Å². The van der Waals surface area contributed by atoms with Crippen molar-refractivity contribution in [1.29, 1.82) is 0 Å². The average Bonchev–Trinajstić information content (AvgIpc) is 2.59. The van der Waals surface area contributed by atoms with Crippen LogP contribution in [0.5, 0.6) is 0 Å². The van der Waals surface area contributed by atoms with E-state index in [-0.39, 0.29) is 19.4 Å². The molecule has 0 unspecified atom stereocenters. The number of nitrogens with one attached hydrogen (secondary N) is 1. The minimum absolute atomic E-state index is 0.248. The van der Waals surface area contributed by atoms with Gasteiger partial charge in [0.2, 0.25) is 0 Å². The van der Waals surface area contributed by atoms with Gasteiger partial charge in [0.25, 0.3) is 0 Å². The number of rotatable bonds is 6. The second kappa shape index (κ2) is 6.33. The Bertz CT molecular complexity index is 118. The van der Waals surface area contributed by atoms with Gasteiger partial charge in [-0.25, -0.2) is 4.39 Å². The lowest BCUT2D eigenvalue weighted by molar-refractivity contribution is 0.0555. The lowest BCUT2D eigenvalue weighted by atomic mass is 10.1. The standard InChI is InChI=1S/C10H20FNO/c1-2-3-4-9-7-10(8-12-9)13-6-5-11/h9-10,12H,2-8H2,1H3/t9-,10+/m1/s1. The number of halogens is 1. The molecule has 0 aromatic heterocycles. The quantitative estimate of drug-likeness (QED) is 0.689. The maximum absolute atomic E-state index is 11.8. The molecule has 0 aliphatic carbocycles. The summed E-state index contributed by atoms with van der Waals surface area (Å²) >= 11 is 0. The third kappa shape index (κ3) is 4.05. The van der Waals surface area contributed by atoms with Gasteiger partial charge in [-0.2, -0.15) is 0 Å². The van der Waals surface area contributed by atoms with Crippen LogP contribution < -0.4 is 5.32 Å². The molecule has 13 heavy (non-hydrogen) atoms. The topological polar surface area (TPSA) is 21.3 Å². The molecular formula is C10H20FNO. The van der Waals surface area contributed by atoms with E-state index in [0.717, 1.165) is 13.0 Å². The Kier molecular flexibility index (Phi) is 5.32. The van der Waals surface area contributed by atoms with Crippen molar-refractivity contribution < 1.29 is 9.13 Å². The van der Waals surface area contributed by atoms with Crippen molar-refractivity contribution in [3.05, 3.63) is 0 Å². The molecule has 1 N–H and O–H groups in total. The minimum atomic E-state index is -0.365. The maximum Gasteiger partial charge on any atom is 0.113 e. The molecule has 0 bridgehead atoms. The van der Waals surface area contributed by atoms with Gasteiger partial charge in [0.1, 0.15) is 6.67 Å². The molecule has 2 nitrogen and oxygen atoms in total. The Morgan fingerprint density at radius 3 is 3.08 bits per heavy atom. The molecule has 0 radical (unpaired) electrons. The fraction of sp³-hybridized carbons (Fsp3) is 1.00. The van der Waals surface area contributed by atoms with Gasteiger partial charge in [-0.3, -0.25) is 0 Å². The summed E-state index contributed by atoms with van der Waals surface area (Å²) < 4.78 is 17.1. The van der Waals surface area contributed by atoms with E-state index >= 15 is 0 Å². The number of unbranched alkanes of at least 4 members (excludes halogenated alkanes) is 1. The Balaban J connectivity index is 2.05. The van der Waals surface area contributed by atoms with Gasteiger partial charge in [-0.1, -0.05) is 19.8 Å². The normalized spacial score (nSPS) is 28.2. The number of ether oxygens (including phenoxy) is 1. The van der Waals surface area contributed by atoms with Crippen molar-refractivity contribution in [2.45, 2.75) is 44.8 Å². The predicted molar refractivity (Wildman–Crippen MR) is 51.6 cm³/mol. The molecule has 1 rings (SSSR count). The van der Waals surface area contributed by atoms with Crippen LogP contribution in [0, 0.1) is 0 Å². The Hall–Kier alpha value is -0.150. The molecule has 1 heterocycles. The summed E-state index contributed by atoms with van der Waals surface area (Å²) in [6.45, 7) is 2.99. The number of hydrogen-bond acceptors (Lipinski definition) is 2. The highest BCUT2D eigenvalue weighted by Crippen LogP contribution is 2.15. The summed E-state index contributed by atoms with van der Waals surface area (Å²) in [5.41, 5.74) is 0. The van der Waals surface area contributed by atoms with Crippen LogP contribution in [0.1, 0.15) is 32.6 Å². The largest absolute Gasteiger partial charge is 0.374 e. The monoisotopic (exact) mass is 189 g/mol. The first-order valence-corrected chi connectivity index (χ1v) is 5.27. The SMILES string of the molecule is CCCC[C@@H]1C[C@H](OCCF)CN1. The van der Waals surface area contributed by atoms with Gasteiger partial charge < -0.3 is 10.1 Å². The first-order chi connectivity index (χ1) is 6.36. The lowest BCUT2D eigenvalue weighted by Gasteiger charge is -2.09. The van der Waals surface area contributed by atoms with E-state index in [1.807, 2.05) is 0 Å². The molecule has 2 atom stereocenters. The average molecular weight is 189 g/mol. The van der Waals surface area contributed by atoms with Gasteiger partial charge >= 0.3 is 0 Å². The zero-order chi connectivity index (χ0) is 9.52. The first-order valence-electron chi connectivity index (χ1n) is 5.27. The first kappa shape index (κ1) is 10.9. The van der Waals surface area contributed by atoms with Crippen molar-refractivity contribution in [1.82, 2.24) is 5.32 Å². The van der Waals surface area contributed by atoms with Crippen LogP contribution in [0.2, 0.25) is 0 Å². The van der Waals surface area contributed by atoms with Gasteiger partial charge in [0, 0.05) is 12.6 Å². The summed E-state index contributed by atoms with van der Waals surface area (Å²) in [4.78, 5) is 0. The van der Waals surface area contributed by atoms with Crippen LogP contribution in [-0.2, 0) is 4.74 Å². The van der Waals surface area contributed by atoms with E-state index in [0.29, 0.717) is 6.04 Å². The van der Waals surface area contributed by atoms with Crippen molar-refractivity contribution in [2.24, 2.45) is 0 Å². The van der Waals surface area contributed by atoms with Crippen LogP contribution in [-0.4, -0.2) is 32.0 Å². The Morgan fingerprint density at radius 2 is 2.38 bits per heavy atom.